The molecule has 0 radical (unpaired) electrons. The van der Waals surface area contributed by atoms with Gasteiger partial charge in [-0.05, 0) is 0 Å². The van der Waals surface area contributed by atoms with E-state index >= 15 is 0 Å². The molecule has 0 aliphatic heterocycles. The Kier molecular flexibility index (Phi) is 2.76. The predicted molar refractivity (Wildman–Crippen MR) is 38.9 cm³/mol. The first-order chi connectivity index (χ1) is 5.51. The van der Waals surface area contributed by atoms with E-state index in [1.807, 2.05) is 0 Å². The Morgan fingerprint density at radius 1 is 1.50 bits per heavy atom. The molecule has 0 aliphatic rings. The fourth-order valence-corrected chi connectivity index (χ4v) is 0.972. The lowest BCUT2D eigenvalue weighted by molar-refractivity contribution is -0.128. The molecule has 6 heteroatoms. The lowest BCUT2D eigenvalue weighted by Crippen LogP contribution is -2.11. The molecular formula is C6H5BrF3NO. The standard InChI is InChI=1S/C6H5BrF3NO/c7-3-5-1-4(11-12-5)2-6(8,9)10/h1H,2-3H2. The van der Waals surface area contributed by atoms with E-state index in [-0.39, 0.29) is 5.69 Å². The van der Waals surface area contributed by atoms with Crippen molar-refractivity contribution in [2.24, 2.45) is 0 Å². The first-order valence-electron chi connectivity index (χ1n) is 3.08. The quantitative estimate of drug-likeness (QED) is 0.747. The first kappa shape index (κ1) is 9.57. The molecule has 0 bridgehead atoms. The molecule has 0 fully saturated rings. The van der Waals surface area contributed by atoms with E-state index in [0.717, 1.165) is 0 Å². The summed E-state index contributed by atoms with van der Waals surface area (Å²) in [5.41, 5.74) is -0.0862. The monoisotopic (exact) mass is 243 g/mol. The molecule has 0 aromatic carbocycles. The Labute approximate surface area is 74.9 Å². The van der Waals surface area contributed by atoms with Crippen molar-refractivity contribution < 1.29 is 17.7 Å². The highest BCUT2D eigenvalue weighted by Crippen LogP contribution is 2.21. The molecule has 68 valence electrons. The van der Waals surface area contributed by atoms with Gasteiger partial charge in [0.15, 0.2) is 0 Å². The Morgan fingerprint density at radius 3 is 2.58 bits per heavy atom. The van der Waals surface area contributed by atoms with Crippen LogP contribution in [0, 0.1) is 0 Å². The van der Waals surface area contributed by atoms with Gasteiger partial charge in [0, 0.05) is 6.07 Å². The number of aromatic nitrogens is 1. The van der Waals surface area contributed by atoms with Crippen molar-refractivity contribution >= 4 is 15.9 Å². The minimum Gasteiger partial charge on any atom is -0.360 e. The van der Waals surface area contributed by atoms with Crippen molar-refractivity contribution in [3.05, 3.63) is 17.5 Å². The zero-order valence-corrected chi connectivity index (χ0v) is 7.44. The normalized spacial score (nSPS) is 12.0. The van der Waals surface area contributed by atoms with E-state index in [0.29, 0.717) is 11.1 Å². The maximum absolute atomic E-state index is 11.8. The van der Waals surface area contributed by atoms with Gasteiger partial charge >= 0.3 is 6.18 Å². The summed E-state index contributed by atoms with van der Waals surface area (Å²) >= 11 is 3.04. The number of rotatable bonds is 2. The summed E-state index contributed by atoms with van der Waals surface area (Å²) in [5, 5.41) is 3.62. The molecule has 1 rings (SSSR count). The lowest BCUT2D eigenvalue weighted by atomic mass is 10.3. The Morgan fingerprint density at radius 2 is 2.17 bits per heavy atom. The molecule has 1 heterocycles. The Hall–Kier alpha value is -0.520. The van der Waals surface area contributed by atoms with Crippen molar-refractivity contribution in [2.75, 3.05) is 0 Å². The van der Waals surface area contributed by atoms with E-state index in [4.69, 9.17) is 0 Å². The maximum Gasteiger partial charge on any atom is 0.394 e. The predicted octanol–water partition coefficient (Wildman–Crippen LogP) is 2.67. The van der Waals surface area contributed by atoms with Gasteiger partial charge in [-0.3, -0.25) is 0 Å². The second-order valence-corrected chi connectivity index (χ2v) is 2.77. The SMILES string of the molecule is FC(F)(F)Cc1cc(CBr)on1. The zero-order chi connectivity index (χ0) is 9.19. The van der Waals surface area contributed by atoms with Crippen molar-refractivity contribution in [1.29, 1.82) is 0 Å². The number of hydrogen-bond acceptors (Lipinski definition) is 2. The summed E-state index contributed by atoms with van der Waals surface area (Å²) in [7, 11) is 0. The van der Waals surface area contributed by atoms with Crippen LogP contribution in [-0.2, 0) is 11.8 Å². The van der Waals surface area contributed by atoms with Crippen molar-refractivity contribution in [1.82, 2.24) is 5.16 Å². The molecule has 0 amide bonds. The molecule has 0 aliphatic carbocycles. The van der Waals surface area contributed by atoms with E-state index in [1.54, 1.807) is 0 Å². The molecule has 1 aromatic rings. The van der Waals surface area contributed by atoms with Gasteiger partial charge in [0.05, 0.1) is 17.4 Å². The summed E-state index contributed by atoms with van der Waals surface area (Å²) in [6.07, 6.45) is -5.26. The highest BCUT2D eigenvalue weighted by Gasteiger charge is 2.29. The van der Waals surface area contributed by atoms with Crippen LogP contribution in [0.15, 0.2) is 10.6 Å². The second-order valence-electron chi connectivity index (χ2n) is 2.21. The summed E-state index contributed by atoms with van der Waals surface area (Å²) in [6, 6.07) is 1.28. The lowest BCUT2D eigenvalue weighted by Gasteiger charge is -2.00. The number of hydrogen-bond donors (Lipinski definition) is 0. The van der Waals surface area contributed by atoms with Crippen LogP contribution in [-0.4, -0.2) is 11.3 Å². The smallest absolute Gasteiger partial charge is 0.360 e. The number of nitrogens with zero attached hydrogens (tertiary/aromatic N) is 1. The topological polar surface area (TPSA) is 26.0 Å². The average molecular weight is 244 g/mol. The Bertz CT molecular complexity index is 258. The molecule has 0 saturated carbocycles. The van der Waals surface area contributed by atoms with Crippen LogP contribution in [0.25, 0.3) is 0 Å². The van der Waals surface area contributed by atoms with Crippen molar-refractivity contribution in [3.8, 4) is 0 Å². The van der Waals surface area contributed by atoms with Gasteiger partial charge in [0.25, 0.3) is 0 Å². The van der Waals surface area contributed by atoms with E-state index in [2.05, 4.69) is 25.6 Å². The minimum absolute atomic E-state index is 0.0862. The van der Waals surface area contributed by atoms with Crippen LogP contribution in [0.5, 0.6) is 0 Å². The van der Waals surface area contributed by atoms with E-state index in [9.17, 15) is 13.2 Å². The molecule has 0 saturated heterocycles. The molecule has 12 heavy (non-hydrogen) atoms. The van der Waals surface area contributed by atoms with Gasteiger partial charge in [-0.2, -0.15) is 13.2 Å². The maximum atomic E-state index is 11.8. The van der Waals surface area contributed by atoms with Crippen LogP contribution in [0.4, 0.5) is 13.2 Å². The third-order valence-electron chi connectivity index (χ3n) is 1.12. The number of halogens is 4. The van der Waals surface area contributed by atoms with Crippen LogP contribution in [0.2, 0.25) is 0 Å². The summed E-state index contributed by atoms with van der Waals surface area (Å²) in [5.74, 6) is 0.397. The number of alkyl halides is 4. The first-order valence-corrected chi connectivity index (χ1v) is 4.20. The highest BCUT2D eigenvalue weighted by molar-refractivity contribution is 9.08. The molecular weight excluding hydrogens is 239 g/mol. The van der Waals surface area contributed by atoms with Gasteiger partial charge in [-0.15, -0.1) is 0 Å². The highest BCUT2D eigenvalue weighted by atomic mass is 79.9. The van der Waals surface area contributed by atoms with Gasteiger partial charge in [-0.1, -0.05) is 21.1 Å². The van der Waals surface area contributed by atoms with E-state index in [1.165, 1.54) is 6.07 Å². The van der Waals surface area contributed by atoms with Crippen LogP contribution < -0.4 is 0 Å². The molecule has 0 N–H and O–H groups in total. The third-order valence-corrected chi connectivity index (χ3v) is 1.67. The van der Waals surface area contributed by atoms with Gasteiger partial charge in [0.1, 0.15) is 5.76 Å². The van der Waals surface area contributed by atoms with E-state index < -0.39 is 12.6 Å². The summed E-state index contributed by atoms with van der Waals surface area (Å²) in [4.78, 5) is 0. The van der Waals surface area contributed by atoms with Gasteiger partial charge < -0.3 is 4.52 Å². The molecule has 0 spiro atoms. The van der Waals surface area contributed by atoms with Gasteiger partial charge in [0.2, 0.25) is 0 Å². The molecule has 2 nitrogen and oxygen atoms in total. The largest absolute Gasteiger partial charge is 0.394 e. The summed E-state index contributed by atoms with van der Waals surface area (Å²) < 4.78 is 39.8. The minimum atomic E-state index is -4.22. The van der Waals surface area contributed by atoms with Crippen molar-refractivity contribution in [3.63, 3.8) is 0 Å². The fourth-order valence-electron chi connectivity index (χ4n) is 0.707. The van der Waals surface area contributed by atoms with Gasteiger partial charge in [-0.25, -0.2) is 0 Å². The Balaban J connectivity index is 2.64. The molecule has 1 aromatic heterocycles. The average Bonchev–Trinajstić information content (AvgIpc) is 2.32. The third kappa shape index (κ3) is 2.84. The van der Waals surface area contributed by atoms with Crippen molar-refractivity contribution in [2.45, 2.75) is 17.9 Å². The molecule has 0 atom stereocenters. The van der Waals surface area contributed by atoms with Crippen LogP contribution in [0.3, 0.4) is 0 Å². The zero-order valence-electron chi connectivity index (χ0n) is 5.86. The second kappa shape index (κ2) is 3.47. The summed E-state index contributed by atoms with van der Waals surface area (Å²) in [6.45, 7) is 0. The molecule has 0 unspecified atom stereocenters. The van der Waals surface area contributed by atoms with Crippen LogP contribution >= 0.6 is 15.9 Å². The van der Waals surface area contributed by atoms with Crippen LogP contribution in [0.1, 0.15) is 11.5 Å². The fraction of sp³-hybridized carbons (Fsp3) is 0.500.